The molecular formula is C9H16O5S2. The van der Waals surface area contributed by atoms with E-state index in [0.29, 0.717) is 0 Å². The van der Waals surface area contributed by atoms with Crippen LogP contribution in [0.2, 0.25) is 0 Å². The zero-order valence-electron chi connectivity index (χ0n) is 9.03. The molecule has 1 N–H and O–H groups in total. The second-order valence-electron chi connectivity index (χ2n) is 1.84. The zero-order valence-corrected chi connectivity index (χ0v) is 10.7. The fourth-order valence-electron chi connectivity index (χ4n) is 0.136. The van der Waals surface area contributed by atoms with Crippen molar-refractivity contribution in [1.29, 1.82) is 0 Å². The maximum atomic E-state index is 10.1. The molecule has 0 aromatic rings. The van der Waals surface area contributed by atoms with Gasteiger partial charge in [0.15, 0.2) is 19.7 Å². The Morgan fingerprint density at radius 3 is 0.812 bits per heavy atom. The van der Waals surface area contributed by atoms with Crippen molar-refractivity contribution in [2.45, 2.75) is 0 Å². The van der Waals surface area contributed by atoms with Crippen LogP contribution < -0.4 is 0 Å². The topological polar surface area (TPSA) is 88.5 Å². The van der Waals surface area contributed by atoms with Crippen molar-refractivity contribution in [2.24, 2.45) is 0 Å². The minimum Gasteiger partial charge on any atom is -0.400 e. The van der Waals surface area contributed by atoms with Crippen molar-refractivity contribution in [3.63, 3.8) is 0 Å². The number of hydrogen-bond donors (Lipinski definition) is 1. The summed E-state index contributed by atoms with van der Waals surface area (Å²) in [5.41, 5.74) is 0. The number of sulfone groups is 2. The maximum absolute atomic E-state index is 10.1. The molecule has 0 fully saturated rings. The van der Waals surface area contributed by atoms with Crippen molar-refractivity contribution in [1.82, 2.24) is 0 Å². The molecule has 0 amide bonds. The van der Waals surface area contributed by atoms with E-state index in [9.17, 15) is 16.8 Å². The van der Waals surface area contributed by atoms with Crippen LogP contribution >= 0.6 is 0 Å². The summed E-state index contributed by atoms with van der Waals surface area (Å²) in [6.45, 7) is 12.2. The fourth-order valence-corrected chi connectivity index (χ4v) is 0.408. The molecule has 0 saturated carbocycles. The first-order chi connectivity index (χ1) is 7.24. The molecule has 5 nitrogen and oxygen atoms in total. The molecule has 0 aliphatic carbocycles. The van der Waals surface area contributed by atoms with Gasteiger partial charge >= 0.3 is 0 Å². The highest BCUT2D eigenvalue weighted by molar-refractivity contribution is 7.97. The van der Waals surface area contributed by atoms with Gasteiger partial charge in [-0.25, -0.2) is 16.8 Å². The monoisotopic (exact) mass is 268 g/mol. The van der Waals surface area contributed by atoms with Gasteiger partial charge < -0.3 is 5.11 Å². The third-order valence-electron chi connectivity index (χ3n) is 0.929. The molecule has 0 spiro atoms. The van der Waals surface area contributed by atoms with Crippen LogP contribution in [0.1, 0.15) is 0 Å². The van der Waals surface area contributed by atoms with Crippen molar-refractivity contribution in [3.8, 4) is 0 Å². The molecule has 0 unspecified atom stereocenters. The van der Waals surface area contributed by atoms with Gasteiger partial charge in [-0.2, -0.15) is 0 Å². The molecule has 94 valence electrons. The van der Waals surface area contributed by atoms with E-state index in [2.05, 4.69) is 26.3 Å². The normalized spacial score (nSPS) is 9.38. The van der Waals surface area contributed by atoms with Crippen LogP contribution in [0.5, 0.6) is 0 Å². The highest BCUT2D eigenvalue weighted by Crippen LogP contribution is 1.87. The first-order valence-electron chi connectivity index (χ1n) is 3.69. The Kier molecular flexibility index (Phi) is 13.1. The van der Waals surface area contributed by atoms with E-state index in [1.807, 2.05) is 0 Å². The smallest absolute Gasteiger partial charge is 0.191 e. The Bertz CT molecular complexity index is 345. The van der Waals surface area contributed by atoms with E-state index in [0.717, 1.165) is 28.7 Å². The molecule has 0 heterocycles. The van der Waals surface area contributed by atoms with Crippen molar-refractivity contribution >= 4 is 19.7 Å². The van der Waals surface area contributed by atoms with E-state index in [-0.39, 0.29) is 0 Å². The summed E-state index contributed by atoms with van der Waals surface area (Å²) in [4.78, 5) is 0. The zero-order chi connectivity index (χ0) is 13.8. The van der Waals surface area contributed by atoms with Gasteiger partial charge in [0, 0.05) is 28.7 Å². The molecule has 0 atom stereocenters. The minimum absolute atomic E-state index is 0.847. The van der Waals surface area contributed by atoms with Crippen molar-refractivity contribution in [3.05, 3.63) is 47.9 Å². The minimum atomic E-state index is -3.13. The second kappa shape index (κ2) is 10.3. The summed E-state index contributed by atoms with van der Waals surface area (Å²) in [7, 11) is -5.26. The van der Waals surface area contributed by atoms with Crippen LogP contribution in [-0.2, 0) is 19.7 Å². The van der Waals surface area contributed by atoms with Gasteiger partial charge in [-0.15, -0.1) is 0 Å². The van der Waals surface area contributed by atoms with Crippen LogP contribution in [0.15, 0.2) is 47.9 Å². The molecule has 0 bridgehead atoms. The van der Waals surface area contributed by atoms with Crippen molar-refractivity contribution < 1.29 is 21.9 Å². The Labute approximate surface area is 97.0 Å². The average Bonchev–Trinajstić information content (AvgIpc) is 2.32. The lowest BCUT2D eigenvalue weighted by Crippen LogP contribution is -1.83. The summed E-state index contributed by atoms with van der Waals surface area (Å²) in [6.07, 6.45) is 0. The van der Waals surface area contributed by atoms with E-state index >= 15 is 0 Å². The Balaban J connectivity index is -0.000000183. The summed E-state index contributed by atoms with van der Waals surface area (Å²) < 4.78 is 40.5. The summed E-state index contributed by atoms with van der Waals surface area (Å²) in [6, 6.07) is 0. The first kappa shape index (κ1) is 20.3. The van der Waals surface area contributed by atoms with E-state index in [1.54, 1.807) is 0 Å². The summed E-state index contributed by atoms with van der Waals surface area (Å²) >= 11 is 0. The molecule has 16 heavy (non-hydrogen) atoms. The lowest BCUT2D eigenvalue weighted by molar-refractivity contribution is 0.399. The predicted octanol–water partition coefficient (Wildman–Crippen LogP) is 0.985. The molecular weight excluding hydrogens is 252 g/mol. The standard InChI is InChI=1S/2C4H6O2S.CH4O/c2*1-3-7(5,6)4-2;1-2/h2*3-4H,1-2H2;2H,1H3. The van der Waals surface area contributed by atoms with Crippen LogP contribution in [0.25, 0.3) is 0 Å². The average molecular weight is 268 g/mol. The van der Waals surface area contributed by atoms with Crippen LogP contribution in [0.4, 0.5) is 0 Å². The lowest BCUT2D eigenvalue weighted by atomic mass is 11.3. The number of hydrogen-bond acceptors (Lipinski definition) is 5. The number of aliphatic hydroxyl groups excluding tert-OH is 1. The quantitative estimate of drug-likeness (QED) is 0.821. The molecule has 0 aromatic carbocycles. The fraction of sp³-hybridized carbons (Fsp3) is 0.111. The molecule has 0 aliphatic rings. The maximum Gasteiger partial charge on any atom is 0.191 e. The van der Waals surface area contributed by atoms with Gasteiger partial charge in [0.2, 0.25) is 0 Å². The van der Waals surface area contributed by atoms with E-state index in [1.165, 1.54) is 0 Å². The van der Waals surface area contributed by atoms with Crippen LogP contribution in [0.3, 0.4) is 0 Å². The summed E-state index contributed by atoms with van der Waals surface area (Å²) in [5, 5.41) is 10.4. The third-order valence-corrected chi connectivity index (χ3v) is 2.79. The predicted molar refractivity (Wildman–Crippen MR) is 66.8 cm³/mol. The van der Waals surface area contributed by atoms with Gasteiger partial charge in [-0.05, 0) is 0 Å². The van der Waals surface area contributed by atoms with Gasteiger partial charge in [-0.1, -0.05) is 26.3 Å². The SMILES string of the molecule is C=CS(=O)(=O)C=C.C=CS(=O)(=O)C=C.CO. The molecule has 0 saturated heterocycles. The van der Waals surface area contributed by atoms with E-state index in [4.69, 9.17) is 5.11 Å². The van der Waals surface area contributed by atoms with Crippen molar-refractivity contribution in [2.75, 3.05) is 7.11 Å². The molecule has 0 aliphatic heterocycles. The van der Waals surface area contributed by atoms with Gasteiger partial charge in [0.1, 0.15) is 0 Å². The Morgan fingerprint density at radius 1 is 0.688 bits per heavy atom. The molecule has 0 radical (unpaired) electrons. The molecule has 0 rings (SSSR count). The van der Waals surface area contributed by atoms with Crippen LogP contribution in [0, 0.1) is 0 Å². The van der Waals surface area contributed by atoms with Gasteiger partial charge in [-0.3, -0.25) is 0 Å². The largest absolute Gasteiger partial charge is 0.400 e. The third kappa shape index (κ3) is 15.3. The lowest BCUT2D eigenvalue weighted by Gasteiger charge is -1.78. The number of rotatable bonds is 4. The van der Waals surface area contributed by atoms with E-state index < -0.39 is 19.7 Å². The number of aliphatic hydroxyl groups is 1. The van der Waals surface area contributed by atoms with Gasteiger partial charge in [0.25, 0.3) is 0 Å². The Morgan fingerprint density at radius 2 is 0.812 bits per heavy atom. The summed E-state index contributed by atoms with van der Waals surface area (Å²) in [5.74, 6) is 0. The van der Waals surface area contributed by atoms with Crippen LogP contribution in [-0.4, -0.2) is 29.1 Å². The highest BCUT2D eigenvalue weighted by Gasteiger charge is 1.91. The highest BCUT2D eigenvalue weighted by atomic mass is 32.2. The molecule has 0 aromatic heterocycles. The first-order valence-corrected chi connectivity index (χ1v) is 6.91. The molecule has 7 heteroatoms. The second-order valence-corrected chi connectivity index (χ2v) is 5.53. The van der Waals surface area contributed by atoms with Gasteiger partial charge in [0.05, 0.1) is 0 Å². The Hall–Kier alpha value is -1.18.